The average molecular weight is 398 g/mol. The maximum absolute atomic E-state index is 5.11. The Morgan fingerprint density at radius 2 is 1.67 bits per heavy atom. The third kappa shape index (κ3) is 3.20. The van der Waals surface area contributed by atoms with E-state index in [1.54, 1.807) is 0 Å². The summed E-state index contributed by atoms with van der Waals surface area (Å²) in [7, 11) is 4.12. The smallest absolute Gasteiger partial charge is 0.165 e. The van der Waals surface area contributed by atoms with Crippen LogP contribution in [0.25, 0.3) is 16.8 Å². The van der Waals surface area contributed by atoms with Crippen LogP contribution in [0.1, 0.15) is 29.8 Å². The fourth-order valence-corrected chi connectivity index (χ4v) is 4.35. The van der Waals surface area contributed by atoms with E-state index in [1.165, 1.54) is 29.8 Å². The Labute approximate surface area is 177 Å². The van der Waals surface area contributed by atoms with E-state index < -0.39 is 0 Å². The largest absolute Gasteiger partial charge is 0.378 e. The maximum atomic E-state index is 5.11. The molecule has 0 saturated carbocycles. The van der Waals surface area contributed by atoms with Crippen molar-refractivity contribution < 1.29 is 0 Å². The fourth-order valence-electron chi connectivity index (χ4n) is 4.35. The molecule has 0 unspecified atom stereocenters. The molecule has 4 aromatic rings. The summed E-state index contributed by atoms with van der Waals surface area (Å²) in [5.74, 6) is 1.05. The summed E-state index contributed by atoms with van der Waals surface area (Å²) >= 11 is 0. The number of aryl methyl sites for hydroxylation is 2. The van der Waals surface area contributed by atoms with Crippen LogP contribution in [-0.2, 0) is 12.8 Å². The highest BCUT2D eigenvalue weighted by molar-refractivity contribution is 5.82. The fraction of sp³-hybridized carbons (Fsp3) is 0.280. The lowest BCUT2D eigenvalue weighted by molar-refractivity contribution is 0.662. The number of hydrogen-bond acceptors (Lipinski definition) is 4. The van der Waals surface area contributed by atoms with E-state index in [0.29, 0.717) is 0 Å². The quantitative estimate of drug-likeness (QED) is 0.501. The summed E-state index contributed by atoms with van der Waals surface area (Å²) in [4.78, 5) is 7.22. The van der Waals surface area contributed by atoms with Gasteiger partial charge in [-0.05, 0) is 62.4 Å². The van der Waals surface area contributed by atoms with Gasteiger partial charge in [-0.25, -0.2) is 4.98 Å². The molecule has 0 bridgehead atoms. The van der Waals surface area contributed by atoms with Crippen molar-refractivity contribution in [2.45, 2.75) is 32.6 Å². The van der Waals surface area contributed by atoms with Gasteiger partial charge in [0.2, 0.25) is 0 Å². The number of nitrogens with zero attached hydrogens (tertiary/aromatic N) is 4. The zero-order chi connectivity index (χ0) is 20.7. The zero-order valence-corrected chi connectivity index (χ0v) is 17.8. The Morgan fingerprint density at radius 1 is 0.933 bits per heavy atom. The Hall–Kier alpha value is -3.34. The van der Waals surface area contributed by atoms with Crippen molar-refractivity contribution in [1.29, 1.82) is 0 Å². The van der Waals surface area contributed by atoms with E-state index in [4.69, 9.17) is 10.1 Å². The molecule has 0 aliphatic heterocycles. The van der Waals surface area contributed by atoms with Crippen LogP contribution in [0.2, 0.25) is 0 Å². The third-order valence-corrected chi connectivity index (χ3v) is 5.92. The van der Waals surface area contributed by atoms with Gasteiger partial charge in [-0.3, -0.25) is 0 Å². The van der Waals surface area contributed by atoms with E-state index in [0.717, 1.165) is 46.8 Å². The van der Waals surface area contributed by atoms with Gasteiger partial charge in [0.1, 0.15) is 5.82 Å². The van der Waals surface area contributed by atoms with Gasteiger partial charge in [0.15, 0.2) is 5.65 Å². The summed E-state index contributed by atoms with van der Waals surface area (Å²) in [6, 6.07) is 19.0. The minimum atomic E-state index is 0.937. The molecule has 5 rings (SSSR count). The van der Waals surface area contributed by atoms with Crippen LogP contribution in [0.5, 0.6) is 0 Å². The first-order valence-electron chi connectivity index (χ1n) is 10.6. The standard InChI is InChI=1S/C25H27N5/c1-17-23(18-9-5-4-6-10-18)25-27-22-12-8-7-11-21(22)24(30(25)28-17)26-19-13-15-20(16-14-19)29(2)3/h4-6,9-10,13-16,26H,7-8,11-12H2,1-3H3. The zero-order valence-electron chi connectivity index (χ0n) is 17.8. The van der Waals surface area contributed by atoms with Crippen LogP contribution in [0.3, 0.4) is 0 Å². The first-order chi connectivity index (χ1) is 14.6. The van der Waals surface area contributed by atoms with Crippen LogP contribution in [0.15, 0.2) is 54.6 Å². The summed E-state index contributed by atoms with van der Waals surface area (Å²) in [6.45, 7) is 2.08. The molecule has 1 aliphatic rings. The molecule has 1 N–H and O–H groups in total. The van der Waals surface area contributed by atoms with Gasteiger partial charge in [-0.15, -0.1) is 0 Å². The van der Waals surface area contributed by atoms with Gasteiger partial charge in [-0.2, -0.15) is 9.61 Å². The van der Waals surface area contributed by atoms with Crippen LogP contribution < -0.4 is 10.2 Å². The Morgan fingerprint density at radius 3 is 2.40 bits per heavy atom. The number of nitrogens with one attached hydrogen (secondary N) is 1. The number of anilines is 3. The third-order valence-electron chi connectivity index (χ3n) is 5.92. The van der Waals surface area contributed by atoms with Crippen LogP contribution >= 0.6 is 0 Å². The molecule has 2 aromatic heterocycles. The van der Waals surface area contributed by atoms with Gasteiger partial charge < -0.3 is 10.2 Å². The van der Waals surface area contributed by atoms with Crippen molar-refractivity contribution in [2.24, 2.45) is 0 Å². The molecule has 0 spiro atoms. The molecule has 5 nitrogen and oxygen atoms in total. The summed E-state index contributed by atoms with van der Waals surface area (Å²) < 4.78 is 2.02. The molecular weight excluding hydrogens is 370 g/mol. The Bertz CT molecular complexity index is 1190. The highest BCUT2D eigenvalue weighted by Gasteiger charge is 2.23. The van der Waals surface area contributed by atoms with Crippen molar-refractivity contribution in [2.75, 3.05) is 24.3 Å². The Kier molecular flexibility index (Phi) is 4.66. The van der Waals surface area contributed by atoms with Crippen molar-refractivity contribution >= 4 is 22.8 Å². The second kappa shape index (κ2) is 7.48. The second-order valence-corrected chi connectivity index (χ2v) is 8.22. The summed E-state index contributed by atoms with van der Waals surface area (Å²) in [5.41, 5.74) is 8.98. The molecular formula is C25H27N5. The number of benzene rings is 2. The van der Waals surface area contributed by atoms with Crippen LogP contribution in [0.4, 0.5) is 17.2 Å². The highest BCUT2D eigenvalue weighted by Crippen LogP contribution is 2.35. The van der Waals surface area contributed by atoms with E-state index >= 15 is 0 Å². The molecule has 152 valence electrons. The number of aromatic nitrogens is 3. The van der Waals surface area contributed by atoms with E-state index in [-0.39, 0.29) is 0 Å². The first kappa shape index (κ1) is 18.7. The maximum Gasteiger partial charge on any atom is 0.165 e. The number of hydrogen-bond donors (Lipinski definition) is 1. The van der Waals surface area contributed by atoms with Crippen LogP contribution in [-0.4, -0.2) is 28.7 Å². The molecule has 0 atom stereocenters. The molecule has 0 saturated heterocycles. The second-order valence-electron chi connectivity index (χ2n) is 8.22. The SMILES string of the molecule is Cc1nn2c(Nc3ccc(N(C)C)cc3)c3c(nc2c1-c1ccccc1)CCCC3. The minimum Gasteiger partial charge on any atom is -0.378 e. The monoisotopic (exact) mass is 397 g/mol. The molecule has 5 heteroatoms. The predicted molar refractivity (Wildman–Crippen MR) is 124 cm³/mol. The van der Waals surface area contributed by atoms with Crippen molar-refractivity contribution in [3.63, 3.8) is 0 Å². The lowest BCUT2D eigenvalue weighted by Crippen LogP contribution is -2.14. The summed E-state index contributed by atoms with van der Waals surface area (Å²) in [6.07, 6.45) is 4.45. The van der Waals surface area contributed by atoms with Crippen molar-refractivity contribution in [3.8, 4) is 11.1 Å². The van der Waals surface area contributed by atoms with Crippen molar-refractivity contribution in [3.05, 3.63) is 71.5 Å². The van der Waals surface area contributed by atoms with E-state index in [2.05, 4.69) is 79.8 Å². The molecule has 2 heterocycles. The van der Waals surface area contributed by atoms with Gasteiger partial charge in [0.25, 0.3) is 0 Å². The number of fused-ring (bicyclic) bond motifs is 2. The Balaban J connectivity index is 1.68. The molecule has 1 aliphatic carbocycles. The predicted octanol–water partition coefficient (Wildman–Crippen LogP) is 5.39. The minimum absolute atomic E-state index is 0.937. The van der Waals surface area contributed by atoms with E-state index in [1.807, 2.05) is 10.6 Å². The molecule has 0 fully saturated rings. The average Bonchev–Trinajstić information content (AvgIpc) is 3.10. The molecule has 0 radical (unpaired) electrons. The molecule has 2 aromatic carbocycles. The topological polar surface area (TPSA) is 45.5 Å². The van der Waals surface area contributed by atoms with Crippen LogP contribution in [0, 0.1) is 6.92 Å². The molecule has 0 amide bonds. The van der Waals surface area contributed by atoms with Gasteiger partial charge in [0.05, 0.1) is 5.69 Å². The summed E-state index contributed by atoms with van der Waals surface area (Å²) in [5, 5.41) is 8.60. The molecule has 30 heavy (non-hydrogen) atoms. The van der Waals surface area contributed by atoms with Crippen molar-refractivity contribution in [1.82, 2.24) is 14.6 Å². The highest BCUT2D eigenvalue weighted by atomic mass is 15.3. The lowest BCUT2D eigenvalue weighted by atomic mass is 9.96. The van der Waals surface area contributed by atoms with Gasteiger partial charge >= 0.3 is 0 Å². The normalized spacial score (nSPS) is 13.3. The van der Waals surface area contributed by atoms with Gasteiger partial charge in [-0.1, -0.05) is 30.3 Å². The van der Waals surface area contributed by atoms with E-state index in [9.17, 15) is 0 Å². The number of rotatable bonds is 4. The van der Waals surface area contributed by atoms with Gasteiger partial charge in [0, 0.05) is 42.3 Å². The lowest BCUT2D eigenvalue weighted by Gasteiger charge is -2.21. The first-order valence-corrected chi connectivity index (χ1v) is 10.6.